The summed E-state index contributed by atoms with van der Waals surface area (Å²) >= 11 is 0. The number of urea groups is 1. The highest BCUT2D eigenvalue weighted by Gasteiger charge is 2.21. The minimum atomic E-state index is -0.867. The van der Waals surface area contributed by atoms with E-state index in [2.05, 4.69) is 20.9 Å². The average molecular weight is 283 g/mol. The van der Waals surface area contributed by atoms with Crippen LogP contribution in [0.3, 0.4) is 0 Å². The molecule has 8 nitrogen and oxygen atoms in total. The predicted octanol–water partition coefficient (Wildman–Crippen LogP) is 0.611. The molecule has 1 rings (SSSR count). The van der Waals surface area contributed by atoms with E-state index in [9.17, 15) is 9.59 Å². The van der Waals surface area contributed by atoms with Crippen LogP contribution in [0.4, 0.5) is 4.79 Å². The van der Waals surface area contributed by atoms with E-state index in [-0.39, 0.29) is 12.5 Å². The van der Waals surface area contributed by atoms with Crippen LogP contribution in [0.25, 0.3) is 0 Å². The maximum atomic E-state index is 11.7. The number of rotatable bonds is 8. The van der Waals surface area contributed by atoms with Gasteiger partial charge in [-0.1, -0.05) is 5.21 Å². The lowest BCUT2D eigenvalue weighted by molar-refractivity contribution is -0.137. The Morgan fingerprint density at radius 2 is 2.15 bits per heavy atom. The first-order valence-corrected chi connectivity index (χ1v) is 6.51. The largest absolute Gasteiger partial charge is 0.481 e. The second-order valence-corrected chi connectivity index (χ2v) is 5.18. The highest BCUT2D eigenvalue weighted by molar-refractivity contribution is 5.74. The van der Waals surface area contributed by atoms with Gasteiger partial charge in [-0.25, -0.2) is 4.79 Å². The van der Waals surface area contributed by atoms with Crippen molar-refractivity contribution >= 4 is 12.0 Å². The topological polar surface area (TPSA) is 109 Å². The predicted molar refractivity (Wildman–Crippen MR) is 72.1 cm³/mol. The minimum absolute atomic E-state index is 0.0274. The Kier molecular flexibility index (Phi) is 5.95. The molecule has 1 aromatic rings. The normalized spacial score (nSPS) is 11.1. The summed E-state index contributed by atoms with van der Waals surface area (Å²) in [5.74, 6) is -0.867. The molecular weight excluding hydrogens is 262 g/mol. The van der Waals surface area contributed by atoms with Crippen molar-refractivity contribution in [2.75, 3.05) is 6.54 Å². The van der Waals surface area contributed by atoms with Gasteiger partial charge in [-0.05, 0) is 26.7 Å². The van der Waals surface area contributed by atoms with Crippen molar-refractivity contribution in [3.63, 3.8) is 0 Å². The number of hydrogen-bond donors (Lipinski definition) is 3. The van der Waals surface area contributed by atoms with Crippen LogP contribution in [0.2, 0.25) is 0 Å². The zero-order valence-electron chi connectivity index (χ0n) is 11.8. The molecule has 0 spiro atoms. The van der Waals surface area contributed by atoms with Crippen molar-refractivity contribution in [2.45, 2.75) is 45.2 Å². The van der Waals surface area contributed by atoms with Crippen LogP contribution in [0.5, 0.6) is 0 Å². The van der Waals surface area contributed by atoms with Crippen LogP contribution in [-0.4, -0.2) is 44.2 Å². The lowest BCUT2D eigenvalue weighted by Gasteiger charge is -2.25. The summed E-state index contributed by atoms with van der Waals surface area (Å²) in [5.41, 5.74) is -0.547. The molecule has 0 aliphatic rings. The van der Waals surface area contributed by atoms with Gasteiger partial charge in [0, 0.05) is 31.2 Å². The van der Waals surface area contributed by atoms with E-state index >= 15 is 0 Å². The molecule has 0 saturated heterocycles. The van der Waals surface area contributed by atoms with Gasteiger partial charge in [0.15, 0.2) is 0 Å². The van der Waals surface area contributed by atoms with E-state index in [4.69, 9.17) is 5.11 Å². The third kappa shape index (κ3) is 6.72. The standard InChI is InChI=1S/C12H21N5O3/c1-12(2,5-4-10(18)19)15-11(20)13-6-3-8-17-9-7-14-16-17/h7,9H,3-6,8H2,1-2H3,(H,18,19)(H2,13,15,20). The molecule has 112 valence electrons. The summed E-state index contributed by atoms with van der Waals surface area (Å²) in [7, 11) is 0. The number of carboxylic acids is 1. The smallest absolute Gasteiger partial charge is 0.315 e. The molecule has 0 atom stereocenters. The van der Waals surface area contributed by atoms with Gasteiger partial charge in [0.2, 0.25) is 0 Å². The number of nitrogens with one attached hydrogen (secondary N) is 2. The number of carbonyl (C=O) groups excluding carboxylic acids is 1. The summed E-state index contributed by atoms with van der Waals surface area (Å²) in [6.45, 7) is 4.79. The second-order valence-electron chi connectivity index (χ2n) is 5.18. The first-order valence-electron chi connectivity index (χ1n) is 6.51. The molecule has 0 aromatic carbocycles. The number of aryl methyl sites for hydroxylation is 1. The summed E-state index contributed by atoms with van der Waals surface area (Å²) in [5, 5.41) is 21.6. The fourth-order valence-electron chi connectivity index (χ4n) is 1.63. The highest BCUT2D eigenvalue weighted by atomic mass is 16.4. The van der Waals surface area contributed by atoms with Gasteiger partial charge in [-0.3, -0.25) is 9.48 Å². The SMILES string of the molecule is CC(C)(CCC(=O)O)NC(=O)NCCCn1ccnn1. The Labute approximate surface area is 117 Å². The van der Waals surface area contributed by atoms with Crippen LogP contribution >= 0.6 is 0 Å². The molecule has 20 heavy (non-hydrogen) atoms. The zero-order chi connectivity index (χ0) is 15.0. The molecule has 2 amide bonds. The van der Waals surface area contributed by atoms with E-state index in [1.807, 2.05) is 0 Å². The Hall–Kier alpha value is -2.12. The lowest BCUT2D eigenvalue weighted by atomic mass is 9.99. The summed E-state index contributed by atoms with van der Waals surface area (Å²) in [4.78, 5) is 22.2. The van der Waals surface area contributed by atoms with E-state index in [1.54, 1.807) is 30.9 Å². The third-order valence-electron chi connectivity index (χ3n) is 2.74. The second kappa shape index (κ2) is 7.46. The van der Waals surface area contributed by atoms with Crippen molar-refractivity contribution in [1.82, 2.24) is 25.6 Å². The van der Waals surface area contributed by atoms with Crippen LogP contribution < -0.4 is 10.6 Å². The van der Waals surface area contributed by atoms with Crippen LogP contribution in [0.15, 0.2) is 12.4 Å². The van der Waals surface area contributed by atoms with Crippen LogP contribution in [-0.2, 0) is 11.3 Å². The van der Waals surface area contributed by atoms with Crippen LogP contribution in [0, 0.1) is 0 Å². The Morgan fingerprint density at radius 1 is 1.40 bits per heavy atom. The van der Waals surface area contributed by atoms with Gasteiger partial charge in [0.25, 0.3) is 0 Å². The fourth-order valence-corrected chi connectivity index (χ4v) is 1.63. The Bertz CT molecular complexity index is 430. The Balaban J connectivity index is 2.17. The monoisotopic (exact) mass is 283 g/mol. The maximum Gasteiger partial charge on any atom is 0.315 e. The van der Waals surface area contributed by atoms with Gasteiger partial charge in [0.05, 0.1) is 6.20 Å². The first-order chi connectivity index (χ1) is 9.39. The molecule has 0 aliphatic heterocycles. The quantitative estimate of drug-likeness (QED) is 0.606. The zero-order valence-corrected chi connectivity index (χ0v) is 11.8. The van der Waals surface area contributed by atoms with Crippen molar-refractivity contribution in [3.8, 4) is 0 Å². The van der Waals surface area contributed by atoms with Crippen molar-refractivity contribution in [2.24, 2.45) is 0 Å². The number of aromatic nitrogens is 3. The molecular formula is C12H21N5O3. The molecule has 1 heterocycles. The van der Waals surface area contributed by atoms with Gasteiger partial charge >= 0.3 is 12.0 Å². The summed E-state index contributed by atoms with van der Waals surface area (Å²) in [6.07, 6.45) is 4.51. The number of amides is 2. The third-order valence-corrected chi connectivity index (χ3v) is 2.74. The molecule has 3 N–H and O–H groups in total. The number of hydrogen-bond acceptors (Lipinski definition) is 4. The molecule has 8 heteroatoms. The number of carbonyl (C=O) groups is 2. The molecule has 0 radical (unpaired) electrons. The summed E-state index contributed by atoms with van der Waals surface area (Å²) < 4.78 is 1.69. The molecule has 0 saturated carbocycles. The van der Waals surface area contributed by atoms with E-state index in [1.165, 1.54) is 0 Å². The van der Waals surface area contributed by atoms with Crippen LogP contribution in [0.1, 0.15) is 33.1 Å². The molecule has 0 fully saturated rings. The number of carboxylic acid groups (broad SMARTS) is 1. The van der Waals surface area contributed by atoms with Gasteiger partial charge in [0.1, 0.15) is 0 Å². The van der Waals surface area contributed by atoms with E-state index in [0.717, 1.165) is 6.42 Å². The van der Waals surface area contributed by atoms with Gasteiger partial charge < -0.3 is 15.7 Å². The Morgan fingerprint density at radius 3 is 2.75 bits per heavy atom. The van der Waals surface area contributed by atoms with E-state index < -0.39 is 11.5 Å². The fraction of sp³-hybridized carbons (Fsp3) is 0.667. The molecule has 0 unspecified atom stereocenters. The molecule has 0 bridgehead atoms. The molecule has 0 aliphatic carbocycles. The van der Waals surface area contributed by atoms with Crippen molar-refractivity contribution < 1.29 is 14.7 Å². The van der Waals surface area contributed by atoms with E-state index in [0.29, 0.717) is 19.5 Å². The van der Waals surface area contributed by atoms with Gasteiger partial charge in [-0.15, -0.1) is 5.10 Å². The average Bonchev–Trinajstić information content (AvgIpc) is 2.85. The minimum Gasteiger partial charge on any atom is -0.481 e. The maximum absolute atomic E-state index is 11.7. The number of aliphatic carboxylic acids is 1. The van der Waals surface area contributed by atoms with Gasteiger partial charge in [-0.2, -0.15) is 0 Å². The summed E-state index contributed by atoms with van der Waals surface area (Å²) in [6, 6.07) is -0.293. The molecule has 1 aromatic heterocycles. The van der Waals surface area contributed by atoms with Crippen molar-refractivity contribution in [1.29, 1.82) is 0 Å². The number of nitrogens with zero attached hydrogens (tertiary/aromatic N) is 3. The highest BCUT2D eigenvalue weighted by Crippen LogP contribution is 2.10. The lowest BCUT2D eigenvalue weighted by Crippen LogP contribution is -2.48. The van der Waals surface area contributed by atoms with Crippen molar-refractivity contribution in [3.05, 3.63) is 12.4 Å². The first kappa shape index (κ1) is 15.9.